The number of carbonyl (C=O) groups is 1. The van der Waals surface area contributed by atoms with Gasteiger partial charge in [0.15, 0.2) is 0 Å². The molecule has 0 aliphatic heterocycles. The molecule has 21 heavy (non-hydrogen) atoms. The van der Waals surface area contributed by atoms with Crippen LogP contribution in [0.5, 0.6) is 0 Å². The van der Waals surface area contributed by atoms with E-state index < -0.39 is 21.4 Å². The van der Waals surface area contributed by atoms with E-state index in [1.54, 1.807) is 13.8 Å². The largest absolute Gasteiger partial charge is 0.478 e. The Morgan fingerprint density at radius 1 is 1.29 bits per heavy atom. The normalized spacial score (nSPS) is 12.4. The third kappa shape index (κ3) is 4.55. The molecule has 0 aliphatic carbocycles. The molecule has 0 spiro atoms. The predicted molar refractivity (Wildman–Crippen MR) is 79.5 cm³/mol. The van der Waals surface area contributed by atoms with Crippen LogP contribution < -0.4 is 4.72 Å². The number of aliphatic hydroxyl groups excluding tert-OH is 1. The first-order valence-electron chi connectivity index (χ1n) is 5.83. The molecule has 0 unspecified atom stereocenters. The summed E-state index contributed by atoms with van der Waals surface area (Å²) in [6.07, 6.45) is 0. The molecule has 0 aliphatic rings. The molecule has 1 aromatic rings. The lowest BCUT2D eigenvalue weighted by atomic mass is 9.96. The van der Waals surface area contributed by atoms with Crippen molar-refractivity contribution < 1.29 is 23.4 Å². The lowest BCUT2D eigenvalue weighted by molar-refractivity contribution is 0.0697. The second-order valence-corrected chi connectivity index (χ2v) is 7.76. The van der Waals surface area contributed by atoms with Crippen molar-refractivity contribution in [2.75, 3.05) is 13.2 Å². The van der Waals surface area contributed by atoms with Crippen molar-refractivity contribution in [3.05, 3.63) is 27.7 Å². The monoisotopic (exact) mass is 355 g/mol. The Morgan fingerprint density at radius 3 is 2.33 bits per heavy atom. The minimum Gasteiger partial charge on any atom is -0.478 e. The average Bonchev–Trinajstić information content (AvgIpc) is 2.36. The van der Waals surface area contributed by atoms with Crippen molar-refractivity contribution in [3.8, 4) is 0 Å². The van der Waals surface area contributed by atoms with Gasteiger partial charge in [-0.2, -0.15) is 0 Å². The zero-order valence-electron chi connectivity index (χ0n) is 11.4. The van der Waals surface area contributed by atoms with Gasteiger partial charge < -0.3 is 10.2 Å². The number of carboxylic acid groups (broad SMARTS) is 1. The standard InChI is InChI=1S/C12H15Cl2NO5S/c1-12(2,6-16)5-15-21(19,20)10-3-7(11(17)18)8(13)4-9(10)14/h3-4,15-16H,5-6H2,1-2H3,(H,17,18). The fraction of sp³-hybridized carbons (Fsp3) is 0.417. The molecule has 0 amide bonds. The highest BCUT2D eigenvalue weighted by atomic mass is 35.5. The van der Waals surface area contributed by atoms with E-state index >= 15 is 0 Å². The van der Waals surface area contributed by atoms with Crippen molar-refractivity contribution in [1.29, 1.82) is 0 Å². The summed E-state index contributed by atoms with van der Waals surface area (Å²) in [5.74, 6) is -1.36. The fourth-order valence-corrected chi connectivity index (χ4v) is 3.42. The third-order valence-electron chi connectivity index (χ3n) is 2.71. The summed E-state index contributed by atoms with van der Waals surface area (Å²) in [7, 11) is -4.02. The summed E-state index contributed by atoms with van der Waals surface area (Å²) in [6, 6.07) is 1.97. The Hall–Kier alpha value is -0.860. The Bertz CT molecular complexity index is 658. The van der Waals surface area contributed by atoms with Gasteiger partial charge in [0.05, 0.1) is 15.6 Å². The van der Waals surface area contributed by atoms with Crippen LogP contribution in [0, 0.1) is 5.41 Å². The first kappa shape index (κ1) is 18.2. The molecule has 0 aromatic heterocycles. The summed E-state index contributed by atoms with van der Waals surface area (Å²) in [5, 5.41) is 17.7. The van der Waals surface area contributed by atoms with Crippen molar-refractivity contribution in [2.45, 2.75) is 18.7 Å². The van der Waals surface area contributed by atoms with E-state index in [0.29, 0.717) is 0 Å². The first-order valence-corrected chi connectivity index (χ1v) is 8.07. The molecular formula is C12H15Cl2NO5S. The lowest BCUT2D eigenvalue weighted by Crippen LogP contribution is -2.36. The smallest absolute Gasteiger partial charge is 0.337 e. The van der Waals surface area contributed by atoms with Crippen LogP contribution in [0.25, 0.3) is 0 Å². The van der Waals surface area contributed by atoms with Crippen LogP contribution in [0.3, 0.4) is 0 Å². The Kier molecular flexibility index (Phi) is 5.63. The van der Waals surface area contributed by atoms with Crippen LogP contribution >= 0.6 is 23.2 Å². The van der Waals surface area contributed by atoms with Crippen molar-refractivity contribution >= 4 is 39.2 Å². The van der Waals surface area contributed by atoms with Gasteiger partial charge in [-0.05, 0) is 12.1 Å². The number of halogens is 2. The molecule has 3 N–H and O–H groups in total. The molecule has 0 radical (unpaired) electrons. The van der Waals surface area contributed by atoms with Crippen LogP contribution in [-0.4, -0.2) is 37.8 Å². The Balaban J connectivity index is 3.20. The molecule has 118 valence electrons. The number of benzene rings is 1. The number of hydrogen-bond donors (Lipinski definition) is 3. The van der Waals surface area contributed by atoms with E-state index in [4.69, 9.17) is 33.4 Å². The summed E-state index contributed by atoms with van der Waals surface area (Å²) in [6.45, 7) is 3.08. The zero-order valence-corrected chi connectivity index (χ0v) is 13.7. The van der Waals surface area contributed by atoms with Crippen LogP contribution in [0.1, 0.15) is 24.2 Å². The number of carboxylic acids is 1. The lowest BCUT2D eigenvalue weighted by Gasteiger charge is -2.22. The number of aliphatic hydroxyl groups is 1. The van der Waals surface area contributed by atoms with Crippen molar-refractivity contribution in [3.63, 3.8) is 0 Å². The van der Waals surface area contributed by atoms with Crippen LogP contribution in [0.15, 0.2) is 17.0 Å². The second kappa shape index (κ2) is 6.50. The fourth-order valence-electron chi connectivity index (χ4n) is 1.32. The second-order valence-electron chi connectivity index (χ2n) is 5.21. The maximum Gasteiger partial charge on any atom is 0.337 e. The zero-order chi connectivity index (χ0) is 16.4. The van der Waals surface area contributed by atoms with Crippen LogP contribution in [0.2, 0.25) is 10.0 Å². The summed E-state index contributed by atoms with van der Waals surface area (Å²) in [4.78, 5) is 10.6. The van der Waals surface area contributed by atoms with Gasteiger partial charge in [-0.15, -0.1) is 0 Å². The highest BCUT2D eigenvalue weighted by Gasteiger charge is 2.25. The molecule has 0 bridgehead atoms. The van der Waals surface area contributed by atoms with E-state index in [1.165, 1.54) is 0 Å². The maximum absolute atomic E-state index is 12.2. The van der Waals surface area contributed by atoms with Gasteiger partial charge in [0, 0.05) is 18.6 Å². The van der Waals surface area contributed by atoms with E-state index in [1.807, 2.05) is 0 Å². The van der Waals surface area contributed by atoms with E-state index in [9.17, 15) is 13.2 Å². The number of nitrogens with one attached hydrogen (secondary N) is 1. The molecule has 0 atom stereocenters. The highest BCUT2D eigenvalue weighted by Crippen LogP contribution is 2.29. The van der Waals surface area contributed by atoms with Gasteiger partial charge in [0.2, 0.25) is 10.0 Å². The minimum atomic E-state index is -4.02. The number of sulfonamides is 1. The average molecular weight is 356 g/mol. The predicted octanol–water partition coefficient (Wildman–Crippen LogP) is 1.99. The van der Waals surface area contributed by atoms with Crippen molar-refractivity contribution in [1.82, 2.24) is 4.72 Å². The number of aromatic carboxylic acids is 1. The molecule has 9 heteroatoms. The topological polar surface area (TPSA) is 104 Å². The Morgan fingerprint density at radius 2 is 1.86 bits per heavy atom. The summed E-state index contributed by atoms with van der Waals surface area (Å²) >= 11 is 11.5. The van der Waals surface area contributed by atoms with Crippen molar-refractivity contribution in [2.24, 2.45) is 5.41 Å². The first-order chi connectivity index (χ1) is 9.50. The maximum atomic E-state index is 12.2. The van der Waals surface area contributed by atoms with Crippen LogP contribution in [-0.2, 0) is 10.0 Å². The van der Waals surface area contributed by atoms with Gasteiger partial charge in [-0.25, -0.2) is 17.9 Å². The molecular weight excluding hydrogens is 341 g/mol. The van der Waals surface area contributed by atoms with Gasteiger partial charge in [0.25, 0.3) is 0 Å². The molecule has 0 saturated heterocycles. The SMILES string of the molecule is CC(C)(CO)CNS(=O)(=O)c1cc(C(=O)O)c(Cl)cc1Cl. The molecule has 0 heterocycles. The van der Waals surface area contributed by atoms with Crippen LogP contribution in [0.4, 0.5) is 0 Å². The van der Waals surface area contributed by atoms with E-state index in [2.05, 4.69) is 4.72 Å². The van der Waals surface area contributed by atoms with Gasteiger partial charge in [-0.3, -0.25) is 0 Å². The molecule has 6 nitrogen and oxygen atoms in total. The van der Waals surface area contributed by atoms with Gasteiger partial charge in [0.1, 0.15) is 4.90 Å². The molecule has 0 fully saturated rings. The molecule has 1 rings (SSSR count). The quantitative estimate of drug-likeness (QED) is 0.723. The minimum absolute atomic E-state index is 0.0345. The number of hydrogen-bond acceptors (Lipinski definition) is 4. The molecule has 1 aromatic carbocycles. The van der Waals surface area contributed by atoms with Gasteiger partial charge >= 0.3 is 5.97 Å². The third-order valence-corrected chi connectivity index (χ3v) is 4.89. The number of rotatable bonds is 6. The highest BCUT2D eigenvalue weighted by molar-refractivity contribution is 7.89. The Labute approximate surface area is 132 Å². The van der Waals surface area contributed by atoms with E-state index in [-0.39, 0.29) is 33.7 Å². The van der Waals surface area contributed by atoms with Gasteiger partial charge in [-0.1, -0.05) is 37.0 Å². The molecule has 0 saturated carbocycles. The van der Waals surface area contributed by atoms with E-state index in [0.717, 1.165) is 12.1 Å². The summed E-state index contributed by atoms with van der Waals surface area (Å²) in [5.41, 5.74) is -1.02. The summed E-state index contributed by atoms with van der Waals surface area (Å²) < 4.78 is 26.7.